The predicted octanol–water partition coefficient (Wildman–Crippen LogP) is 4.17. The van der Waals surface area contributed by atoms with Gasteiger partial charge in [0.1, 0.15) is 0 Å². The van der Waals surface area contributed by atoms with Gasteiger partial charge in [0.2, 0.25) is 0 Å². The Kier molecular flexibility index (Phi) is 5.44. The summed E-state index contributed by atoms with van der Waals surface area (Å²) in [7, 11) is 0. The number of hydrogen-bond acceptors (Lipinski definition) is 1. The van der Waals surface area contributed by atoms with Crippen LogP contribution in [0, 0.1) is 0 Å². The van der Waals surface area contributed by atoms with Crippen LogP contribution in [0.3, 0.4) is 0 Å². The molecule has 0 radical (unpaired) electrons. The molecule has 0 aliphatic carbocycles. The van der Waals surface area contributed by atoms with Crippen LogP contribution >= 0.6 is 0 Å². The zero-order chi connectivity index (χ0) is 14.2. The van der Waals surface area contributed by atoms with Crippen LogP contribution in [0.25, 0.3) is 0 Å². The second kappa shape index (κ2) is 7.56. The fourth-order valence-corrected chi connectivity index (χ4v) is 2.05. The molecule has 0 bridgehead atoms. The minimum absolute atomic E-state index is 0.373. The van der Waals surface area contributed by atoms with Gasteiger partial charge < -0.3 is 5.32 Å². The Bertz CT molecular complexity index is 533. The monoisotopic (exact) mass is 273 g/mol. The summed E-state index contributed by atoms with van der Waals surface area (Å²) < 4.78 is 25.1. The number of halogens is 2. The van der Waals surface area contributed by atoms with E-state index >= 15 is 0 Å². The summed E-state index contributed by atoms with van der Waals surface area (Å²) in [6.07, 6.45) is -0.118. The molecule has 2 aromatic rings. The SMILES string of the molecule is FC(F)=C[C@H](Cc1ccccc1)NCc1ccccc1. The fraction of sp³-hybridized carbons (Fsp3) is 0.176. The van der Waals surface area contributed by atoms with Crippen molar-refractivity contribution in [3.63, 3.8) is 0 Å². The summed E-state index contributed by atoms with van der Waals surface area (Å²) in [5.74, 6) is 0. The summed E-state index contributed by atoms with van der Waals surface area (Å²) in [5.41, 5.74) is 2.12. The molecule has 0 saturated carbocycles. The summed E-state index contributed by atoms with van der Waals surface area (Å²) in [6.45, 7) is 0.572. The molecule has 1 nitrogen and oxygen atoms in total. The predicted molar refractivity (Wildman–Crippen MR) is 77.5 cm³/mol. The highest BCUT2D eigenvalue weighted by molar-refractivity contribution is 5.19. The van der Waals surface area contributed by atoms with Crippen molar-refractivity contribution >= 4 is 0 Å². The molecule has 2 rings (SSSR count). The molecule has 0 aliphatic heterocycles. The zero-order valence-electron chi connectivity index (χ0n) is 11.1. The molecule has 1 atom stereocenters. The number of hydrogen-bond donors (Lipinski definition) is 1. The summed E-state index contributed by atoms with van der Waals surface area (Å²) in [5, 5.41) is 3.16. The van der Waals surface area contributed by atoms with Crippen LogP contribution in [0.15, 0.2) is 72.8 Å². The summed E-state index contributed by atoms with van der Waals surface area (Å²) in [4.78, 5) is 0. The fourth-order valence-electron chi connectivity index (χ4n) is 2.05. The van der Waals surface area contributed by atoms with Crippen molar-refractivity contribution in [1.29, 1.82) is 0 Å². The van der Waals surface area contributed by atoms with Crippen molar-refractivity contribution in [2.45, 2.75) is 19.0 Å². The van der Waals surface area contributed by atoms with Crippen LogP contribution in [0.5, 0.6) is 0 Å². The van der Waals surface area contributed by atoms with Gasteiger partial charge in [0.15, 0.2) is 0 Å². The molecule has 0 unspecified atom stereocenters. The molecule has 0 saturated heterocycles. The van der Waals surface area contributed by atoms with E-state index < -0.39 is 6.08 Å². The van der Waals surface area contributed by atoms with Crippen LogP contribution in [0.1, 0.15) is 11.1 Å². The largest absolute Gasteiger partial charge is 0.306 e. The minimum Gasteiger partial charge on any atom is -0.306 e. The van der Waals surface area contributed by atoms with E-state index in [1.54, 1.807) is 0 Å². The highest BCUT2D eigenvalue weighted by Crippen LogP contribution is 2.09. The van der Waals surface area contributed by atoms with Gasteiger partial charge in [-0.15, -0.1) is 0 Å². The van der Waals surface area contributed by atoms with Crippen molar-refractivity contribution in [1.82, 2.24) is 5.32 Å². The van der Waals surface area contributed by atoms with Gasteiger partial charge in [0.05, 0.1) is 0 Å². The Morgan fingerprint density at radius 2 is 1.45 bits per heavy atom. The second-order valence-corrected chi connectivity index (χ2v) is 4.62. The van der Waals surface area contributed by atoms with Crippen molar-refractivity contribution in [3.05, 3.63) is 83.9 Å². The van der Waals surface area contributed by atoms with E-state index in [0.717, 1.165) is 17.2 Å². The maximum Gasteiger partial charge on any atom is 0.267 e. The molecular formula is C17H17F2N. The van der Waals surface area contributed by atoms with E-state index in [2.05, 4.69) is 5.32 Å². The lowest BCUT2D eigenvalue weighted by molar-refractivity contribution is 0.408. The molecule has 2 aromatic carbocycles. The summed E-state index contributed by atoms with van der Waals surface area (Å²) in [6, 6.07) is 19.0. The van der Waals surface area contributed by atoms with E-state index in [4.69, 9.17) is 0 Å². The first-order valence-electron chi connectivity index (χ1n) is 6.58. The molecule has 3 heteroatoms. The molecule has 20 heavy (non-hydrogen) atoms. The lowest BCUT2D eigenvalue weighted by Gasteiger charge is -2.15. The van der Waals surface area contributed by atoms with Gasteiger partial charge in [-0.3, -0.25) is 0 Å². The molecule has 0 aromatic heterocycles. The quantitative estimate of drug-likeness (QED) is 0.833. The third kappa shape index (κ3) is 4.94. The smallest absolute Gasteiger partial charge is 0.267 e. The van der Waals surface area contributed by atoms with E-state index in [1.807, 2.05) is 60.7 Å². The van der Waals surface area contributed by atoms with Crippen molar-refractivity contribution in [3.8, 4) is 0 Å². The topological polar surface area (TPSA) is 12.0 Å². The molecule has 104 valence electrons. The van der Waals surface area contributed by atoms with Crippen molar-refractivity contribution < 1.29 is 8.78 Å². The van der Waals surface area contributed by atoms with Crippen molar-refractivity contribution in [2.24, 2.45) is 0 Å². The van der Waals surface area contributed by atoms with Gasteiger partial charge in [0.25, 0.3) is 6.08 Å². The van der Waals surface area contributed by atoms with E-state index in [-0.39, 0.29) is 6.04 Å². The first kappa shape index (κ1) is 14.4. The maximum absolute atomic E-state index is 12.5. The van der Waals surface area contributed by atoms with Gasteiger partial charge in [-0.1, -0.05) is 60.7 Å². The number of nitrogens with one attached hydrogen (secondary N) is 1. The lowest BCUT2D eigenvalue weighted by Crippen LogP contribution is -2.29. The minimum atomic E-state index is -1.65. The number of rotatable bonds is 6. The average molecular weight is 273 g/mol. The van der Waals surface area contributed by atoms with Crippen molar-refractivity contribution in [2.75, 3.05) is 0 Å². The molecule has 0 amide bonds. The Balaban J connectivity index is 1.99. The van der Waals surface area contributed by atoms with Gasteiger partial charge >= 0.3 is 0 Å². The molecular weight excluding hydrogens is 256 g/mol. The lowest BCUT2D eigenvalue weighted by atomic mass is 10.1. The van der Waals surface area contributed by atoms with Gasteiger partial charge in [0, 0.05) is 12.6 Å². The Hall–Kier alpha value is -2.00. The standard InChI is InChI=1S/C17H17F2N/c18-17(19)12-16(11-14-7-3-1-4-8-14)20-13-15-9-5-2-6-10-15/h1-10,12,16,20H,11,13H2/t16-/m0/s1. The maximum atomic E-state index is 12.5. The Morgan fingerprint density at radius 1 is 0.900 bits per heavy atom. The van der Waals surface area contributed by atoms with Crippen LogP contribution < -0.4 is 5.32 Å². The molecule has 0 aliphatic rings. The first-order valence-corrected chi connectivity index (χ1v) is 6.58. The van der Waals surface area contributed by atoms with Crippen LogP contribution in [-0.4, -0.2) is 6.04 Å². The van der Waals surface area contributed by atoms with Crippen LogP contribution in [0.2, 0.25) is 0 Å². The number of benzene rings is 2. The molecule has 0 heterocycles. The third-order valence-corrected chi connectivity index (χ3v) is 3.04. The van der Waals surface area contributed by atoms with Gasteiger partial charge in [-0.05, 0) is 23.6 Å². The third-order valence-electron chi connectivity index (χ3n) is 3.04. The Labute approximate surface area is 118 Å². The normalized spacial score (nSPS) is 11.9. The highest BCUT2D eigenvalue weighted by atomic mass is 19.3. The molecule has 1 N–H and O–H groups in total. The second-order valence-electron chi connectivity index (χ2n) is 4.62. The molecule has 0 spiro atoms. The Morgan fingerprint density at radius 3 is 2.00 bits per heavy atom. The van der Waals surface area contributed by atoms with Crippen LogP contribution in [-0.2, 0) is 13.0 Å². The average Bonchev–Trinajstić information content (AvgIpc) is 2.46. The van der Waals surface area contributed by atoms with E-state index in [9.17, 15) is 8.78 Å². The van der Waals surface area contributed by atoms with E-state index in [0.29, 0.717) is 13.0 Å². The molecule has 0 fully saturated rings. The first-order chi connectivity index (χ1) is 9.74. The van der Waals surface area contributed by atoms with Gasteiger partial charge in [-0.2, -0.15) is 8.78 Å². The summed E-state index contributed by atoms with van der Waals surface area (Å²) >= 11 is 0. The highest BCUT2D eigenvalue weighted by Gasteiger charge is 2.08. The van der Waals surface area contributed by atoms with Gasteiger partial charge in [-0.25, -0.2) is 0 Å². The van der Waals surface area contributed by atoms with Crippen LogP contribution in [0.4, 0.5) is 8.78 Å². The zero-order valence-corrected chi connectivity index (χ0v) is 11.1. The van der Waals surface area contributed by atoms with E-state index in [1.165, 1.54) is 0 Å².